The largest absolute Gasteiger partial charge is 0.328 e. The molecule has 1 saturated carbocycles. The van der Waals surface area contributed by atoms with Crippen molar-refractivity contribution in [3.8, 4) is 0 Å². The van der Waals surface area contributed by atoms with Crippen LogP contribution in [0, 0.1) is 6.92 Å². The average Bonchev–Trinajstić information content (AvgIpc) is 2.57. The predicted molar refractivity (Wildman–Crippen MR) is 60.8 cm³/mol. The van der Waals surface area contributed by atoms with Crippen molar-refractivity contribution in [1.29, 1.82) is 0 Å². The number of aromatic nitrogens is 1. The van der Waals surface area contributed by atoms with Crippen LogP contribution in [0.2, 0.25) is 0 Å². The van der Waals surface area contributed by atoms with Crippen molar-refractivity contribution < 1.29 is 4.39 Å². The molecule has 1 heterocycles. The second-order valence-corrected chi connectivity index (χ2v) is 5.59. The quantitative estimate of drug-likeness (QED) is 0.845. The Kier molecular flexibility index (Phi) is 3.07. The maximum Gasteiger partial charge on any atom is 0.116 e. The first-order chi connectivity index (χ1) is 7.07. The fourth-order valence-electron chi connectivity index (χ4n) is 2.15. The summed E-state index contributed by atoms with van der Waals surface area (Å²) in [5.74, 6) is 0. The van der Waals surface area contributed by atoms with Gasteiger partial charge in [0.1, 0.15) is 5.67 Å². The molecule has 0 aromatic carbocycles. The first-order valence-corrected chi connectivity index (χ1v) is 6.31. The minimum Gasteiger partial charge on any atom is -0.328 e. The number of alkyl halides is 1. The van der Waals surface area contributed by atoms with E-state index in [1.54, 1.807) is 11.3 Å². The minimum absolute atomic E-state index is 0.200. The van der Waals surface area contributed by atoms with Gasteiger partial charge in [0.05, 0.1) is 10.7 Å². The number of thiazole rings is 1. The molecule has 4 heteroatoms. The molecule has 0 spiro atoms. The van der Waals surface area contributed by atoms with Gasteiger partial charge in [0.2, 0.25) is 0 Å². The van der Waals surface area contributed by atoms with Gasteiger partial charge in [0.15, 0.2) is 0 Å². The van der Waals surface area contributed by atoms with Crippen LogP contribution in [0.25, 0.3) is 0 Å². The van der Waals surface area contributed by atoms with E-state index in [0.29, 0.717) is 19.3 Å². The molecule has 1 fully saturated rings. The van der Waals surface area contributed by atoms with Crippen LogP contribution >= 0.6 is 11.3 Å². The summed E-state index contributed by atoms with van der Waals surface area (Å²) in [7, 11) is 0. The zero-order valence-corrected chi connectivity index (χ0v) is 9.82. The molecular formula is C11H17FN2S. The zero-order valence-electron chi connectivity index (χ0n) is 9.00. The maximum atomic E-state index is 14.3. The van der Waals surface area contributed by atoms with Crippen molar-refractivity contribution in [2.45, 2.75) is 50.7 Å². The maximum absolute atomic E-state index is 14.3. The Bertz CT molecular complexity index is 329. The SMILES string of the molecule is Cc1nc(CC2(F)CCC(N)CC2)cs1. The van der Waals surface area contributed by atoms with E-state index in [4.69, 9.17) is 5.73 Å². The standard InChI is InChI=1S/C11H17FN2S/c1-8-14-10(7-15-8)6-11(12)4-2-9(13)3-5-11/h7,9H,2-6,13H2,1H3. The lowest BCUT2D eigenvalue weighted by Crippen LogP contribution is -2.37. The van der Waals surface area contributed by atoms with Crippen molar-refractivity contribution in [3.05, 3.63) is 16.1 Å². The Morgan fingerprint density at radius 2 is 2.27 bits per heavy atom. The molecule has 1 aliphatic rings. The van der Waals surface area contributed by atoms with Crippen molar-refractivity contribution in [2.24, 2.45) is 5.73 Å². The lowest BCUT2D eigenvalue weighted by atomic mass is 9.81. The van der Waals surface area contributed by atoms with Crippen molar-refractivity contribution in [2.75, 3.05) is 0 Å². The van der Waals surface area contributed by atoms with E-state index in [-0.39, 0.29) is 6.04 Å². The van der Waals surface area contributed by atoms with Gasteiger partial charge in [-0.05, 0) is 32.6 Å². The monoisotopic (exact) mass is 228 g/mol. The van der Waals surface area contributed by atoms with Gasteiger partial charge in [0.25, 0.3) is 0 Å². The average molecular weight is 228 g/mol. The molecule has 0 amide bonds. The second-order valence-electron chi connectivity index (χ2n) is 4.52. The lowest BCUT2D eigenvalue weighted by molar-refractivity contribution is 0.0985. The van der Waals surface area contributed by atoms with Gasteiger partial charge in [-0.1, -0.05) is 0 Å². The summed E-state index contributed by atoms with van der Waals surface area (Å²) in [5.41, 5.74) is 5.61. The number of aryl methyl sites for hydroxylation is 1. The molecule has 0 aliphatic heterocycles. The summed E-state index contributed by atoms with van der Waals surface area (Å²) in [6, 6.07) is 0.200. The molecule has 1 aliphatic carbocycles. The molecule has 0 unspecified atom stereocenters. The molecule has 2 rings (SSSR count). The summed E-state index contributed by atoms with van der Waals surface area (Å²) in [6.07, 6.45) is 3.25. The summed E-state index contributed by atoms with van der Waals surface area (Å²) in [4.78, 5) is 4.32. The number of nitrogens with zero attached hydrogens (tertiary/aromatic N) is 1. The number of hydrogen-bond donors (Lipinski definition) is 1. The Hall–Kier alpha value is -0.480. The Balaban J connectivity index is 1.99. The van der Waals surface area contributed by atoms with Gasteiger partial charge in [0, 0.05) is 17.8 Å². The summed E-state index contributed by atoms with van der Waals surface area (Å²) >= 11 is 1.59. The summed E-state index contributed by atoms with van der Waals surface area (Å²) in [5, 5.41) is 2.98. The molecule has 0 radical (unpaired) electrons. The first kappa shape index (κ1) is 11.0. The highest BCUT2D eigenvalue weighted by Gasteiger charge is 2.34. The Morgan fingerprint density at radius 1 is 1.60 bits per heavy atom. The van der Waals surface area contributed by atoms with Crippen LogP contribution in [-0.2, 0) is 6.42 Å². The molecule has 0 bridgehead atoms. The van der Waals surface area contributed by atoms with E-state index in [0.717, 1.165) is 23.5 Å². The molecule has 2 N–H and O–H groups in total. The third-order valence-corrected chi connectivity index (χ3v) is 3.91. The van der Waals surface area contributed by atoms with Crippen LogP contribution in [0.15, 0.2) is 5.38 Å². The van der Waals surface area contributed by atoms with Crippen LogP contribution in [0.5, 0.6) is 0 Å². The molecular weight excluding hydrogens is 211 g/mol. The number of halogens is 1. The first-order valence-electron chi connectivity index (χ1n) is 5.43. The van der Waals surface area contributed by atoms with Crippen LogP contribution in [0.1, 0.15) is 36.4 Å². The Labute approximate surface area is 93.7 Å². The predicted octanol–water partition coefficient (Wildman–Crippen LogP) is 2.60. The molecule has 84 valence electrons. The third kappa shape index (κ3) is 2.75. The lowest BCUT2D eigenvalue weighted by Gasteiger charge is -2.31. The highest BCUT2D eigenvalue weighted by Crippen LogP contribution is 2.34. The second kappa shape index (κ2) is 4.18. The van der Waals surface area contributed by atoms with Gasteiger partial charge in [-0.3, -0.25) is 0 Å². The van der Waals surface area contributed by atoms with Crippen molar-refractivity contribution >= 4 is 11.3 Å². The van der Waals surface area contributed by atoms with Crippen LogP contribution < -0.4 is 5.73 Å². The van der Waals surface area contributed by atoms with E-state index in [9.17, 15) is 4.39 Å². The summed E-state index contributed by atoms with van der Waals surface area (Å²) in [6.45, 7) is 1.95. The van der Waals surface area contributed by atoms with Crippen molar-refractivity contribution in [1.82, 2.24) is 4.98 Å². The van der Waals surface area contributed by atoms with Gasteiger partial charge < -0.3 is 5.73 Å². The van der Waals surface area contributed by atoms with Gasteiger partial charge in [-0.2, -0.15) is 0 Å². The van der Waals surface area contributed by atoms with E-state index in [2.05, 4.69) is 4.98 Å². The molecule has 2 nitrogen and oxygen atoms in total. The summed E-state index contributed by atoms with van der Waals surface area (Å²) < 4.78 is 14.3. The fourth-order valence-corrected chi connectivity index (χ4v) is 2.76. The number of hydrogen-bond acceptors (Lipinski definition) is 3. The van der Waals surface area contributed by atoms with E-state index in [1.807, 2.05) is 12.3 Å². The van der Waals surface area contributed by atoms with Gasteiger partial charge >= 0.3 is 0 Å². The molecule has 1 aromatic heterocycles. The molecule has 0 saturated heterocycles. The number of nitrogens with two attached hydrogens (primary N) is 1. The molecule has 0 atom stereocenters. The highest BCUT2D eigenvalue weighted by atomic mass is 32.1. The van der Waals surface area contributed by atoms with Crippen molar-refractivity contribution in [3.63, 3.8) is 0 Å². The topological polar surface area (TPSA) is 38.9 Å². The van der Waals surface area contributed by atoms with Crippen LogP contribution in [0.3, 0.4) is 0 Å². The molecule has 15 heavy (non-hydrogen) atoms. The van der Waals surface area contributed by atoms with Gasteiger partial charge in [-0.25, -0.2) is 9.37 Å². The smallest absolute Gasteiger partial charge is 0.116 e. The van der Waals surface area contributed by atoms with Crippen LogP contribution in [-0.4, -0.2) is 16.7 Å². The van der Waals surface area contributed by atoms with Gasteiger partial charge in [-0.15, -0.1) is 11.3 Å². The minimum atomic E-state index is -1.06. The van der Waals surface area contributed by atoms with Crippen LogP contribution in [0.4, 0.5) is 4.39 Å². The number of rotatable bonds is 2. The Morgan fingerprint density at radius 3 is 2.80 bits per heavy atom. The molecule has 1 aromatic rings. The highest BCUT2D eigenvalue weighted by molar-refractivity contribution is 7.09. The third-order valence-electron chi connectivity index (χ3n) is 3.09. The van der Waals surface area contributed by atoms with E-state index >= 15 is 0 Å². The zero-order chi connectivity index (χ0) is 10.9. The van der Waals surface area contributed by atoms with E-state index in [1.165, 1.54) is 0 Å². The van der Waals surface area contributed by atoms with E-state index < -0.39 is 5.67 Å². The normalized spacial score (nSPS) is 31.8. The fraction of sp³-hybridized carbons (Fsp3) is 0.727.